The van der Waals surface area contributed by atoms with Crippen LogP contribution >= 0.6 is 0 Å². The number of hydrogen-bond acceptors (Lipinski definition) is 5. The highest BCUT2D eigenvalue weighted by molar-refractivity contribution is 5.94. The standard InChI is InChI=1S/C16H21N5O2/c1-11(2)21-9-14(18-19-21)16(23)4-5-20(10-16)15(22)13-6-12(3)7-17-8-13/h6-9,11,23H,4-5,10H2,1-3H3. The Morgan fingerprint density at radius 2 is 2.17 bits per heavy atom. The van der Waals surface area contributed by atoms with Crippen molar-refractivity contribution in [2.24, 2.45) is 0 Å². The summed E-state index contributed by atoms with van der Waals surface area (Å²) in [5.41, 5.74) is 0.856. The van der Waals surface area contributed by atoms with Gasteiger partial charge in [-0.3, -0.25) is 9.78 Å². The van der Waals surface area contributed by atoms with Crippen molar-refractivity contribution in [3.05, 3.63) is 41.5 Å². The van der Waals surface area contributed by atoms with Crippen LogP contribution in [0.3, 0.4) is 0 Å². The molecule has 0 spiro atoms. The summed E-state index contributed by atoms with van der Waals surface area (Å²) in [5, 5.41) is 19.0. The second-order valence-electron chi connectivity index (χ2n) is 6.44. The number of nitrogens with zero attached hydrogens (tertiary/aromatic N) is 5. The van der Waals surface area contributed by atoms with Crippen LogP contribution in [0.4, 0.5) is 0 Å². The Morgan fingerprint density at radius 1 is 1.39 bits per heavy atom. The average Bonchev–Trinajstić information content (AvgIpc) is 3.14. The van der Waals surface area contributed by atoms with Crippen LogP contribution in [0.15, 0.2) is 24.7 Å². The van der Waals surface area contributed by atoms with Gasteiger partial charge in [0.2, 0.25) is 0 Å². The topological polar surface area (TPSA) is 84.1 Å². The summed E-state index contributed by atoms with van der Waals surface area (Å²) in [6.07, 6.45) is 5.48. The van der Waals surface area contributed by atoms with Gasteiger partial charge in [-0.1, -0.05) is 5.21 Å². The fourth-order valence-corrected chi connectivity index (χ4v) is 2.77. The van der Waals surface area contributed by atoms with Crippen LogP contribution in [0.5, 0.6) is 0 Å². The molecule has 1 amide bonds. The van der Waals surface area contributed by atoms with Gasteiger partial charge in [0, 0.05) is 31.4 Å². The molecule has 1 aliphatic heterocycles. The van der Waals surface area contributed by atoms with E-state index in [1.165, 1.54) is 0 Å². The van der Waals surface area contributed by atoms with Crippen LogP contribution in [0.25, 0.3) is 0 Å². The highest BCUT2D eigenvalue weighted by Gasteiger charge is 2.42. The van der Waals surface area contributed by atoms with Crippen molar-refractivity contribution in [3.63, 3.8) is 0 Å². The van der Waals surface area contributed by atoms with E-state index < -0.39 is 5.60 Å². The zero-order valence-corrected chi connectivity index (χ0v) is 13.6. The molecule has 122 valence electrons. The molecule has 0 aromatic carbocycles. The summed E-state index contributed by atoms with van der Waals surface area (Å²) >= 11 is 0. The molecule has 1 unspecified atom stereocenters. The molecule has 1 atom stereocenters. The lowest BCUT2D eigenvalue weighted by atomic mass is 10.00. The van der Waals surface area contributed by atoms with Crippen molar-refractivity contribution < 1.29 is 9.90 Å². The van der Waals surface area contributed by atoms with Crippen LogP contribution in [0, 0.1) is 6.92 Å². The van der Waals surface area contributed by atoms with Gasteiger partial charge in [-0.25, -0.2) is 4.68 Å². The molecular formula is C16H21N5O2. The Balaban J connectivity index is 1.77. The maximum absolute atomic E-state index is 12.6. The Hall–Kier alpha value is -2.28. The Morgan fingerprint density at radius 3 is 2.83 bits per heavy atom. The van der Waals surface area contributed by atoms with Gasteiger partial charge in [-0.2, -0.15) is 0 Å². The zero-order chi connectivity index (χ0) is 16.6. The normalized spacial score (nSPS) is 21.2. The number of hydrogen-bond donors (Lipinski definition) is 1. The molecule has 3 heterocycles. The highest BCUT2D eigenvalue weighted by atomic mass is 16.3. The van der Waals surface area contributed by atoms with E-state index in [9.17, 15) is 9.90 Å². The van der Waals surface area contributed by atoms with Crippen molar-refractivity contribution in [1.82, 2.24) is 24.9 Å². The number of β-amino-alcohol motifs (C(OH)–C–C–N with tert-alkyl or cyclic N) is 1. The molecule has 1 fully saturated rings. The van der Waals surface area contributed by atoms with Crippen LogP contribution < -0.4 is 0 Å². The van der Waals surface area contributed by atoms with Crippen molar-refractivity contribution in [1.29, 1.82) is 0 Å². The molecule has 0 bridgehead atoms. The van der Waals surface area contributed by atoms with Gasteiger partial charge in [0.1, 0.15) is 11.3 Å². The monoisotopic (exact) mass is 315 g/mol. The van der Waals surface area contributed by atoms with Gasteiger partial charge in [-0.05, 0) is 32.4 Å². The summed E-state index contributed by atoms with van der Waals surface area (Å²) in [6.45, 7) is 6.60. The van der Waals surface area contributed by atoms with Crippen molar-refractivity contribution in [3.8, 4) is 0 Å². The van der Waals surface area contributed by atoms with Gasteiger partial charge in [0.15, 0.2) is 0 Å². The first-order chi connectivity index (χ1) is 10.9. The van der Waals surface area contributed by atoms with E-state index in [4.69, 9.17) is 0 Å². The van der Waals surface area contributed by atoms with E-state index in [-0.39, 0.29) is 18.5 Å². The summed E-state index contributed by atoms with van der Waals surface area (Å²) in [6, 6.07) is 1.99. The van der Waals surface area contributed by atoms with Crippen LogP contribution in [0.1, 0.15) is 47.9 Å². The number of pyridine rings is 1. The first-order valence-electron chi connectivity index (χ1n) is 7.75. The lowest BCUT2D eigenvalue weighted by molar-refractivity contribution is 0.0381. The minimum Gasteiger partial charge on any atom is -0.381 e. The lowest BCUT2D eigenvalue weighted by Crippen LogP contribution is -2.34. The van der Waals surface area contributed by atoms with Gasteiger partial charge < -0.3 is 10.0 Å². The Bertz CT molecular complexity index is 727. The van der Waals surface area contributed by atoms with Crippen molar-refractivity contribution in [2.45, 2.75) is 38.8 Å². The summed E-state index contributed by atoms with van der Waals surface area (Å²) in [5.74, 6) is -0.117. The molecule has 2 aromatic rings. The van der Waals surface area contributed by atoms with E-state index >= 15 is 0 Å². The molecule has 0 saturated carbocycles. The summed E-state index contributed by atoms with van der Waals surface area (Å²) < 4.78 is 1.71. The average molecular weight is 315 g/mol. The fraction of sp³-hybridized carbons (Fsp3) is 0.500. The largest absolute Gasteiger partial charge is 0.381 e. The third-order valence-electron chi connectivity index (χ3n) is 4.17. The van der Waals surface area contributed by atoms with E-state index in [2.05, 4.69) is 15.3 Å². The molecule has 1 aliphatic rings. The van der Waals surface area contributed by atoms with Gasteiger partial charge >= 0.3 is 0 Å². The maximum atomic E-state index is 12.6. The first-order valence-corrected chi connectivity index (χ1v) is 7.75. The number of amides is 1. The highest BCUT2D eigenvalue weighted by Crippen LogP contribution is 2.31. The van der Waals surface area contributed by atoms with Gasteiger partial charge in [0.25, 0.3) is 5.91 Å². The van der Waals surface area contributed by atoms with Crippen LogP contribution in [-0.2, 0) is 5.60 Å². The second kappa shape index (κ2) is 5.73. The molecule has 0 aliphatic carbocycles. The Kier molecular flexibility index (Phi) is 3.89. The third kappa shape index (κ3) is 2.96. The SMILES string of the molecule is Cc1cncc(C(=O)N2CCC(O)(c3cn(C(C)C)nn3)C2)c1. The quantitative estimate of drug-likeness (QED) is 0.923. The minimum atomic E-state index is -1.14. The fourth-order valence-electron chi connectivity index (χ4n) is 2.77. The zero-order valence-electron chi connectivity index (χ0n) is 13.6. The van der Waals surface area contributed by atoms with Crippen molar-refractivity contribution in [2.75, 3.05) is 13.1 Å². The molecule has 2 aromatic heterocycles. The first kappa shape index (κ1) is 15.6. The predicted molar refractivity (Wildman–Crippen MR) is 83.8 cm³/mol. The number of carbonyl (C=O) groups is 1. The van der Waals surface area contributed by atoms with Crippen molar-refractivity contribution >= 4 is 5.91 Å². The minimum absolute atomic E-state index is 0.117. The molecule has 1 saturated heterocycles. The molecule has 1 N–H and O–H groups in total. The van der Waals surface area contributed by atoms with Gasteiger partial charge in [0.05, 0.1) is 18.3 Å². The molecular weight excluding hydrogens is 294 g/mol. The summed E-state index contributed by atoms with van der Waals surface area (Å²) in [4.78, 5) is 18.3. The maximum Gasteiger partial charge on any atom is 0.255 e. The number of aliphatic hydroxyl groups is 1. The summed E-state index contributed by atoms with van der Waals surface area (Å²) in [7, 11) is 0. The Labute approximate surface area is 134 Å². The van der Waals surface area contributed by atoms with E-state index in [1.54, 1.807) is 28.2 Å². The molecule has 0 radical (unpaired) electrons. The molecule has 3 rings (SSSR count). The van der Waals surface area contributed by atoms with E-state index in [1.807, 2.05) is 26.8 Å². The number of carbonyl (C=O) groups excluding carboxylic acids is 1. The number of likely N-dealkylation sites (tertiary alicyclic amines) is 1. The van der Waals surface area contributed by atoms with E-state index in [0.29, 0.717) is 24.2 Å². The van der Waals surface area contributed by atoms with Crippen LogP contribution in [-0.4, -0.2) is 49.0 Å². The number of aryl methyl sites for hydroxylation is 1. The molecule has 23 heavy (non-hydrogen) atoms. The lowest BCUT2D eigenvalue weighted by Gasteiger charge is -2.21. The second-order valence-corrected chi connectivity index (χ2v) is 6.44. The van der Waals surface area contributed by atoms with E-state index in [0.717, 1.165) is 5.56 Å². The van der Waals surface area contributed by atoms with Gasteiger partial charge in [-0.15, -0.1) is 5.10 Å². The van der Waals surface area contributed by atoms with Crippen LogP contribution in [0.2, 0.25) is 0 Å². The molecule has 7 nitrogen and oxygen atoms in total. The number of rotatable bonds is 3. The smallest absolute Gasteiger partial charge is 0.255 e. The predicted octanol–water partition coefficient (Wildman–Crippen LogP) is 1.30. The third-order valence-corrected chi connectivity index (χ3v) is 4.17. The molecule has 7 heteroatoms. The number of aromatic nitrogens is 4.